The van der Waals surface area contributed by atoms with Crippen molar-refractivity contribution in [3.8, 4) is 11.5 Å². The van der Waals surface area contributed by atoms with Gasteiger partial charge in [0.15, 0.2) is 0 Å². The molecule has 4 aliphatic rings. The average Bonchev–Trinajstić information content (AvgIpc) is 2.76. The first kappa shape index (κ1) is 21.4. The SMILES string of the molecule is COC(=O)[C@@H]1Cc2ccc(cc2)OC/C=C\COc2ccc(cc2)C[C@@H](N)C(=O)N1. The summed E-state index contributed by atoms with van der Waals surface area (Å²) in [6, 6.07) is 13.1. The quantitative estimate of drug-likeness (QED) is 0.549. The van der Waals surface area contributed by atoms with Gasteiger partial charge in [0, 0.05) is 6.42 Å². The molecule has 2 aromatic carbocycles. The number of benzene rings is 2. The lowest BCUT2D eigenvalue weighted by atomic mass is 10.0. The molecule has 0 spiro atoms. The smallest absolute Gasteiger partial charge is 0.328 e. The number of ether oxygens (including phenoxy) is 3. The van der Waals surface area contributed by atoms with Gasteiger partial charge < -0.3 is 25.3 Å². The Labute approximate surface area is 175 Å². The van der Waals surface area contributed by atoms with Crippen LogP contribution < -0.4 is 20.5 Å². The molecule has 6 rings (SSSR count). The van der Waals surface area contributed by atoms with Crippen molar-refractivity contribution in [3.63, 3.8) is 0 Å². The summed E-state index contributed by atoms with van der Waals surface area (Å²) in [5, 5.41) is 2.71. The first-order valence-corrected chi connectivity index (χ1v) is 9.77. The maximum absolute atomic E-state index is 12.6. The van der Waals surface area contributed by atoms with Gasteiger partial charge in [0.25, 0.3) is 0 Å². The molecule has 4 aliphatic heterocycles. The van der Waals surface area contributed by atoms with Gasteiger partial charge in [-0.2, -0.15) is 0 Å². The second-order valence-electron chi connectivity index (χ2n) is 6.98. The molecule has 1 amide bonds. The Hall–Kier alpha value is -3.32. The van der Waals surface area contributed by atoms with E-state index in [4.69, 9.17) is 19.9 Å². The van der Waals surface area contributed by atoms with Gasteiger partial charge in [-0.3, -0.25) is 4.79 Å². The Kier molecular flexibility index (Phi) is 7.45. The summed E-state index contributed by atoms with van der Waals surface area (Å²) < 4.78 is 16.2. The topological polar surface area (TPSA) is 99.9 Å². The van der Waals surface area contributed by atoms with Crippen molar-refractivity contribution >= 4 is 11.9 Å². The molecule has 0 unspecified atom stereocenters. The molecule has 0 saturated carbocycles. The minimum absolute atomic E-state index is 0.289. The number of esters is 1. The Morgan fingerprint density at radius 3 is 1.93 bits per heavy atom. The number of nitrogens with two attached hydrogens (primary N) is 1. The maximum Gasteiger partial charge on any atom is 0.328 e. The lowest BCUT2D eigenvalue weighted by molar-refractivity contribution is -0.145. The van der Waals surface area contributed by atoms with E-state index < -0.39 is 24.0 Å². The van der Waals surface area contributed by atoms with Crippen molar-refractivity contribution in [2.45, 2.75) is 24.9 Å². The molecule has 30 heavy (non-hydrogen) atoms. The number of hydrogen-bond donors (Lipinski definition) is 2. The van der Waals surface area contributed by atoms with Gasteiger partial charge >= 0.3 is 5.97 Å². The summed E-state index contributed by atoms with van der Waals surface area (Å²) >= 11 is 0. The van der Waals surface area contributed by atoms with Crippen LogP contribution >= 0.6 is 0 Å². The molecule has 0 radical (unpaired) electrons. The van der Waals surface area contributed by atoms with Crippen LogP contribution in [0.15, 0.2) is 60.7 Å². The molecule has 7 nitrogen and oxygen atoms in total. The van der Waals surface area contributed by atoms with Crippen molar-refractivity contribution in [1.29, 1.82) is 0 Å². The van der Waals surface area contributed by atoms with Gasteiger partial charge in [0.2, 0.25) is 5.91 Å². The highest BCUT2D eigenvalue weighted by molar-refractivity contribution is 5.87. The molecule has 0 saturated heterocycles. The summed E-state index contributed by atoms with van der Waals surface area (Å²) in [6.45, 7) is 0.846. The lowest BCUT2D eigenvalue weighted by Gasteiger charge is -2.20. The molecular formula is C23H26N2O5. The van der Waals surface area contributed by atoms with Crippen molar-refractivity contribution in [1.82, 2.24) is 5.32 Å². The van der Waals surface area contributed by atoms with E-state index >= 15 is 0 Å². The lowest BCUT2D eigenvalue weighted by Crippen LogP contribution is -2.50. The number of methoxy groups -OCH3 is 1. The zero-order valence-corrected chi connectivity index (χ0v) is 16.9. The third-order valence-corrected chi connectivity index (χ3v) is 4.74. The van der Waals surface area contributed by atoms with Gasteiger partial charge in [-0.1, -0.05) is 24.3 Å². The minimum Gasteiger partial charge on any atom is -0.490 e. The van der Waals surface area contributed by atoms with E-state index in [1.807, 2.05) is 60.7 Å². The summed E-state index contributed by atoms with van der Waals surface area (Å²) in [5.41, 5.74) is 7.83. The number of rotatable bonds is 1. The standard InChI is InChI=1S/C23H26N2O5/c1-28-23(27)21-15-17-6-10-19(11-7-17)30-13-3-2-12-29-18-8-4-16(5-9-18)14-20(24)22(26)25-21/h2-11,20-21H,12-15,24H2,1H3,(H,25,26)/b3-2-/t20-,21+/m1/s1. The van der Waals surface area contributed by atoms with E-state index in [0.29, 0.717) is 25.4 Å². The third-order valence-electron chi connectivity index (χ3n) is 4.74. The molecule has 3 N–H and O–H groups in total. The fourth-order valence-electron chi connectivity index (χ4n) is 3.06. The van der Waals surface area contributed by atoms with Gasteiger partial charge in [-0.05, 0) is 54.0 Å². The molecule has 2 atom stereocenters. The zero-order valence-electron chi connectivity index (χ0n) is 16.9. The second kappa shape index (κ2) is 10.5. The van der Waals surface area contributed by atoms with Crippen LogP contribution in [-0.4, -0.2) is 44.3 Å². The predicted octanol–water partition coefficient (Wildman–Crippen LogP) is 1.78. The van der Waals surface area contributed by atoms with Crippen molar-refractivity contribution in [2.24, 2.45) is 5.73 Å². The molecule has 2 aromatic rings. The highest BCUT2D eigenvalue weighted by Gasteiger charge is 2.25. The van der Waals surface area contributed by atoms with Crippen LogP contribution in [-0.2, 0) is 27.2 Å². The maximum atomic E-state index is 12.6. The van der Waals surface area contributed by atoms with Crippen LogP contribution in [0.25, 0.3) is 0 Å². The fraction of sp³-hybridized carbons (Fsp3) is 0.304. The fourth-order valence-corrected chi connectivity index (χ4v) is 3.06. The molecule has 7 heteroatoms. The first-order chi connectivity index (χ1) is 14.5. The summed E-state index contributed by atoms with van der Waals surface area (Å²) in [5.74, 6) is 0.489. The van der Waals surface area contributed by atoms with Gasteiger partial charge in [-0.15, -0.1) is 0 Å². The van der Waals surface area contributed by atoms with Crippen molar-refractivity contribution < 1.29 is 23.8 Å². The van der Waals surface area contributed by atoms with E-state index in [-0.39, 0.29) is 6.42 Å². The average molecular weight is 410 g/mol. The molecular weight excluding hydrogens is 384 g/mol. The van der Waals surface area contributed by atoms with Crippen molar-refractivity contribution in [2.75, 3.05) is 20.3 Å². The van der Waals surface area contributed by atoms with E-state index in [2.05, 4.69) is 5.32 Å². The van der Waals surface area contributed by atoms with E-state index in [1.54, 1.807) is 0 Å². The van der Waals surface area contributed by atoms with E-state index in [1.165, 1.54) is 7.11 Å². The predicted molar refractivity (Wildman–Crippen MR) is 112 cm³/mol. The van der Waals surface area contributed by atoms with Crippen LogP contribution in [0.2, 0.25) is 0 Å². The van der Waals surface area contributed by atoms with Crippen LogP contribution in [0, 0.1) is 0 Å². The number of carbonyl (C=O) groups excluding carboxylic acids is 2. The van der Waals surface area contributed by atoms with Gasteiger partial charge in [-0.25, -0.2) is 4.79 Å². The second-order valence-corrected chi connectivity index (χ2v) is 6.98. The highest BCUT2D eigenvalue weighted by atomic mass is 16.5. The van der Waals surface area contributed by atoms with E-state index in [0.717, 1.165) is 16.9 Å². The van der Waals surface area contributed by atoms with Crippen LogP contribution in [0.5, 0.6) is 11.5 Å². The summed E-state index contributed by atoms with van der Waals surface area (Å²) in [6.07, 6.45) is 4.41. The van der Waals surface area contributed by atoms with E-state index in [9.17, 15) is 9.59 Å². The van der Waals surface area contributed by atoms with Crippen LogP contribution in [0.3, 0.4) is 0 Å². The minimum atomic E-state index is -0.829. The number of hydrogen-bond acceptors (Lipinski definition) is 6. The normalized spacial score (nSPS) is 21.1. The zero-order chi connectivity index (χ0) is 21.3. The van der Waals surface area contributed by atoms with Gasteiger partial charge in [0.1, 0.15) is 30.8 Å². The first-order valence-electron chi connectivity index (χ1n) is 9.77. The molecule has 158 valence electrons. The number of carbonyl (C=O) groups is 2. The van der Waals surface area contributed by atoms with Gasteiger partial charge in [0.05, 0.1) is 13.2 Å². The largest absolute Gasteiger partial charge is 0.490 e. The molecule has 0 aromatic heterocycles. The van der Waals surface area contributed by atoms with Crippen molar-refractivity contribution in [3.05, 3.63) is 71.8 Å². The Morgan fingerprint density at radius 2 is 1.43 bits per heavy atom. The molecule has 0 fully saturated rings. The molecule has 4 heterocycles. The Balaban J connectivity index is 1.81. The van der Waals surface area contributed by atoms with Crippen LogP contribution in [0.4, 0.5) is 0 Å². The number of amides is 1. The highest BCUT2D eigenvalue weighted by Crippen LogP contribution is 2.16. The monoisotopic (exact) mass is 410 g/mol. The summed E-state index contributed by atoms with van der Waals surface area (Å²) in [7, 11) is 1.29. The molecule has 0 aliphatic carbocycles. The van der Waals surface area contributed by atoms with Crippen LogP contribution in [0.1, 0.15) is 11.1 Å². The summed E-state index contributed by atoms with van der Waals surface area (Å²) in [4.78, 5) is 24.8. The Bertz CT molecular complexity index is 877. The third kappa shape index (κ3) is 6.09. The number of nitrogens with one attached hydrogen (secondary N) is 1. The Morgan fingerprint density at radius 1 is 0.933 bits per heavy atom. The molecule has 4 bridgehead atoms.